The number of nitrogens with zero attached hydrogens (tertiary/aromatic N) is 2. The van der Waals surface area contributed by atoms with E-state index >= 15 is 0 Å². The fourth-order valence-electron chi connectivity index (χ4n) is 5.19. The zero-order chi connectivity index (χ0) is 17.4. The van der Waals surface area contributed by atoms with Crippen LogP contribution in [0.25, 0.3) is 0 Å². The molecule has 0 aromatic heterocycles. The third-order valence-corrected chi connectivity index (χ3v) is 7.12. The summed E-state index contributed by atoms with van der Waals surface area (Å²) in [6.45, 7) is 3.06. The maximum absolute atomic E-state index is 12.9. The van der Waals surface area contributed by atoms with Crippen molar-refractivity contribution in [2.75, 3.05) is 26.2 Å². The van der Waals surface area contributed by atoms with E-state index in [1.807, 2.05) is 9.80 Å². The van der Waals surface area contributed by atoms with Gasteiger partial charge in [0.1, 0.15) is 0 Å². The second kappa shape index (κ2) is 6.90. The number of hydrogen-bond acceptors (Lipinski definition) is 3. The minimum Gasteiger partial charge on any atom is -0.390 e. The Morgan fingerprint density at radius 3 is 2.00 bits per heavy atom. The molecule has 140 valence electrons. The van der Waals surface area contributed by atoms with E-state index in [1.165, 1.54) is 12.8 Å². The van der Waals surface area contributed by atoms with Crippen molar-refractivity contribution in [3.8, 4) is 0 Å². The van der Waals surface area contributed by atoms with Crippen molar-refractivity contribution in [3.05, 3.63) is 0 Å². The Kier molecular flexibility index (Phi) is 4.78. The summed E-state index contributed by atoms with van der Waals surface area (Å²) in [5.74, 6) is 1.18. The molecule has 0 spiro atoms. The number of likely N-dealkylation sites (tertiary alicyclic amines) is 2. The van der Waals surface area contributed by atoms with E-state index in [0.29, 0.717) is 5.91 Å². The quantitative estimate of drug-likeness (QED) is 0.850. The molecule has 0 aromatic rings. The fraction of sp³-hybridized carbons (Fsp3) is 0.900. The molecule has 0 radical (unpaired) electrons. The van der Waals surface area contributed by atoms with Crippen molar-refractivity contribution in [2.24, 2.45) is 17.8 Å². The molecule has 2 aliphatic carbocycles. The van der Waals surface area contributed by atoms with Crippen LogP contribution in [0.2, 0.25) is 0 Å². The van der Waals surface area contributed by atoms with Crippen molar-refractivity contribution < 1.29 is 14.7 Å². The molecule has 2 saturated heterocycles. The number of piperidine rings is 2. The predicted molar refractivity (Wildman–Crippen MR) is 94.7 cm³/mol. The molecule has 2 saturated carbocycles. The lowest BCUT2D eigenvalue weighted by Gasteiger charge is -2.39. The fourth-order valence-corrected chi connectivity index (χ4v) is 5.19. The second-order valence-electron chi connectivity index (χ2n) is 8.81. The van der Waals surface area contributed by atoms with Crippen LogP contribution in [0.3, 0.4) is 0 Å². The molecular formula is C20H32N2O3. The maximum Gasteiger partial charge on any atom is 0.225 e. The molecular weight excluding hydrogens is 316 g/mol. The van der Waals surface area contributed by atoms with Crippen molar-refractivity contribution >= 4 is 11.8 Å². The first-order valence-electron chi connectivity index (χ1n) is 10.4. The maximum atomic E-state index is 12.9. The Morgan fingerprint density at radius 2 is 1.36 bits per heavy atom. The summed E-state index contributed by atoms with van der Waals surface area (Å²) in [7, 11) is 0. The van der Waals surface area contributed by atoms with Gasteiger partial charge in [-0.1, -0.05) is 12.8 Å². The summed E-state index contributed by atoms with van der Waals surface area (Å²) >= 11 is 0. The molecule has 5 nitrogen and oxygen atoms in total. The molecule has 1 unspecified atom stereocenters. The van der Waals surface area contributed by atoms with Gasteiger partial charge in [0.25, 0.3) is 0 Å². The van der Waals surface area contributed by atoms with E-state index in [4.69, 9.17) is 0 Å². The van der Waals surface area contributed by atoms with Gasteiger partial charge in [-0.2, -0.15) is 0 Å². The van der Waals surface area contributed by atoms with Gasteiger partial charge < -0.3 is 14.9 Å². The summed E-state index contributed by atoms with van der Waals surface area (Å²) in [6.07, 6.45) is 9.97. The normalized spacial score (nSPS) is 30.5. The predicted octanol–water partition coefficient (Wildman–Crippen LogP) is 2.18. The Balaban J connectivity index is 1.28. The highest BCUT2D eigenvalue weighted by Crippen LogP contribution is 2.45. The zero-order valence-electron chi connectivity index (χ0n) is 15.3. The van der Waals surface area contributed by atoms with Crippen LogP contribution in [0.4, 0.5) is 0 Å². The summed E-state index contributed by atoms with van der Waals surface area (Å²) in [4.78, 5) is 29.5. The average Bonchev–Trinajstić information content (AvgIpc) is 3.19. The minimum atomic E-state index is -0.476. The first-order valence-corrected chi connectivity index (χ1v) is 10.4. The van der Waals surface area contributed by atoms with E-state index < -0.39 is 5.60 Å². The summed E-state index contributed by atoms with van der Waals surface area (Å²) in [6, 6.07) is 0. The number of carbonyl (C=O) groups excluding carboxylic acids is 2. The molecule has 1 N–H and O–H groups in total. The number of aliphatic hydroxyl groups is 1. The van der Waals surface area contributed by atoms with Gasteiger partial charge in [0.2, 0.25) is 11.8 Å². The van der Waals surface area contributed by atoms with Crippen molar-refractivity contribution in [1.29, 1.82) is 0 Å². The van der Waals surface area contributed by atoms with E-state index in [0.717, 1.165) is 77.5 Å². The van der Waals surface area contributed by atoms with Gasteiger partial charge in [0, 0.05) is 43.9 Å². The van der Waals surface area contributed by atoms with Crippen LogP contribution in [0, 0.1) is 17.8 Å². The lowest BCUT2D eigenvalue weighted by atomic mass is 9.88. The van der Waals surface area contributed by atoms with Crippen molar-refractivity contribution in [1.82, 2.24) is 9.80 Å². The number of rotatable bonds is 3. The van der Waals surface area contributed by atoms with Gasteiger partial charge in [0.05, 0.1) is 5.60 Å². The third kappa shape index (κ3) is 3.57. The highest BCUT2D eigenvalue weighted by atomic mass is 16.3. The summed E-state index contributed by atoms with van der Waals surface area (Å²) in [5, 5.41) is 10.4. The van der Waals surface area contributed by atoms with E-state index in [9.17, 15) is 14.7 Å². The first kappa shape index (κ1) is 17.3. The standard InChI is InChI=1S/C20H32N2O3/c23-18(15-4-1-2-5-15)21-12-7-16(8-13-21)19(24)22-11-3-6-17(14-22)20(25)9-10-20/h15-17,25H,1-14H2. The molecule has 2 amide bonds. The lowest BCUT2D eigenvalue weighted by molar-refractivity contribution is -0.144. The van der Waals surface area contributed by atoms with Crippen LogP contribution in [0.5, 0.6) is 0 Å². The van der Waals surface area contributed by atoms with Crippen molar-refractivity contribution in [2.45, 2.75) is 69.8 Å². The molecule has 4 aliphatic rings. The molecule has 0 aromatic carbocycles. The van der Waals surface area contributed by atoms with Crippen LogP contribution < -0.4 is 0 Å². The molecule has 1 atom stereocenters. The largest absolute Gasteiger partial charge is 0.390 e. The van der Waals surface area contributed by atoms with E-state index in [1.54, 1.807) is 0 Å². The summed E-state index contributed by atoms with van der Waals surface area (Å²) < 4.78 is 0. The molecule has 0 bridgehead atoms. The SMILES string of the molecule is O=C(C1CCCC1)N1CCC(C(=O)N2CCCC(C3(O)CC3)C2)CC1. The smallest absolute Gasteiger partial charge is 0.225 e. The topological polar surface area (TPSA) is 60.9 Å². The number of amides is 2. The molecule has 5 heteroatoms. The van der Waals surface area contributed by atoms with Crippen LogP contribution in [-0.2, 0) is 9.59 Å². The van der Waals surface area contributed by atoms with Crippen LogP contribution in [0.1, 0.15) is 64.2 Å². The molecule has 4 rings (SSSR count). The number of hydrogen-bond donors (Lipinski definition) is 1. The average molecular weight is 348 g/mol. The summed E-state index contributed by atoms with van der Waals surface area (Å²) in [5.41, 5.74) is -0.476. The van der Waals surface area contributed by atoms with Gasteiger partial charge in [-0.25, -0.2) is 0 Å². The molecule has 2 heterocycles. The minimum absolute atomic E-state index is 0.0697. The van der Waals surface area contributed by atoms with Gasteiger partial charge >= 0.3 is 0 Å². The second-order valence-corrected chi connectivity index (χ2v) is 8.81. The first-order chi connectivity index (χ1) is 12.1. The van der Waals surface area contributed by atoms with Gasteiger partial charge in [0.15, 0.2) is 0 Å². The highest BCUT2D eigenvalue weighted by Gasteiger charge is 2.49. The zero-order valence-corrected chi connectivity index (χ0v) is 15.3. The van der Waals surface area contributed by atoms with Crippen LogP contribution in [-0.4, -0.2) is 58.5 Å². The van der Waals surface area contributed by atoms with Crippen LogP contribution >= 0.6 is 0 Å². The Hall–Kier alpha value is -1.10. The highest BCUT2D eigenvalue weighted by molar-refractivity contribution is 5.81. The molecule has 4 fully saturated rings. The van der Waals surface area contributed by atoms with Gasteiger partial charge in [-0.3, -0.25) is 9.59 Å². The Labute approximate surface area is 150 Å². The molecule has 25 heavy (non-hydrogen) atoms. The van der Waals surface area contributed by atoms with Gasteiger partial charge in [-0.05, 0) is 51.4 Å². The van der Waals surface area contributed by atoms with Crippen molar-refractivity contribution in [3.63, 3.8) is 0 Å². The van der Waals surface area contributed by atoms with E-state index in [2.05, 4.69) is 0 Å². The monoisotopic (exact) mass is 348 g/mol. The molecule has 2 aliphatic heterocycles. The number of carbonyl (C=O) groups is 2. The Morgan fingerprint density at radius 1 is 0.760 bits per heavy atom. The van der Waals surface area contributed by atoms with Gasteiger partial charge in [-0.15, -0.1) is 0 Å². The lowest BCUT2D eigenvalue weighted by Crippen LogP contribution is -2.49. The third-order valence-electron chi connectivity index (χ3n) is 7.12. The van der Waals surface area contributed by atoms with Crippen LogP contribution in [0.15, 0.2) is 0 Å². The Bertz CT molecular complexity index is 517. The van der Waals surface area contributed by atoms with E-state index in [-0.39, 0.29) is 23.7 Å².